The van der Waals surface area contributed by atoms with Crippen LogP contribution in [0.15, 0.2) is 29.5 Å². The van der Waals surface area contributed by atoms with Crippen LogP contribution in [0.5, 0.6) is 0 Å². The molecule has 0 aromatic carbocycles. The van der Waals surface area contributed by atoms with Gasteiger partial charge in [-0.2, -0.15) is 4.99 Å². The molecule has 1 atom stereocenters. The molecule has 0 spiro atoms. The Morgan fingerprint density at radius 3 is 2.76 bits per heavy atom. The highest BCUT2D eigenvalue weighted by Gasteiger charge is 2.21. The summed E-state index contributed by atoms with van der Waals surface area (Å²) in [5.41, 5.74) is 6.30. The number of halogens is 1. The van der Waals surface area contributed by atoms with Crippen LogP contribution in [-0.4, -0.2) is 22.6 Å². The molecule has 2 rings (SSSR count). The van der Waals surface area contributed by atoms with Gasteiger partial charge >= 0.3 is 0 Å². The molecule has 5 nitrogen and oxygen atoms in total. The number of quaternary nitrogens is 1. The second-order valence-corrected chi connectivity index (χ2v) is 3.77. The lowest BCUT2D eigenvalue weighted by molar-refractivity contribution is -0.743. The van der Waals surface area contributed by atoms with Crippen molar-refractivity contribution < 1.29 is 21.9 Å². The highest BCUT2D eigenvalue weighted by atomic mass is 79.9. The number of nitrogens with zero attached hydrogens (tertiary/aromatic N) is 3. The van der Waals surface area contributed by atoms with Crippen molar-refractivity contribution in [3.63, 3.8) is 0 Å². The number of unbranched alkanes of at least 4 members (excludes halogenated alkanes) is 1. The molecular weight excluding hydrogens is 282 g/mol. The fourth-order valence-electron chi connectivity index (χ4n) is 1.63. The first-order valence-electron chi connectivity index (χ1n) is 5.51. The Morgan fingerprint density at radius 2 is 2.12 bits per heavy atom. The average Bonchev–Trinajstić information content (AvgIpc) is 2.75. The lowest BCUT2D eigenvalue weighted by Gasteiger charge is -2.10. The number of amidine groups is 1. The van der Waals surface area contributed by atoms with Gasteiger partial charge in [0.05, 0.1) is 12.7 Å². The molecule has 1 unspecified atom stereocenters. The summed E-state index contributed by atoms with van der Waals surface area (Å²) in [7, 11) is 0. The number of hydrogen-bond donors (Lipinski definition) is 2. The summed E-state index contributed by atoms with van der Waals surface area (Å²) in [5, 5.41) is 7.90. The molecule has 6 heteroatoms. The smallest absolute Gasteiger partial charge is 0.258 e. The molecule has 1 aromatic heterocycles. The van der Waals surface area contributed by atoms with E-state index in [0.29, 0.717) is 5.82 Å². The molecule has 2 heterocycles. The Labute approximate surface area is 111 Å². The number of anilines is 1. The lowest BCUT2D eigenvalue weighted by atomic mass is 10.3. The van der Waals surface area contributed by atoms with Gasteiger partial charge in [0.1, 0.15) is 12.0 Å². The molecule has 92 valence electrons. The van der Waals surface area contributed by atoms with Crippen molar-refractivity contribution in [2.24, 2.45) is 4.99 Å². The molecule has 0 aliphatic carbocycles. The zero-order valence-corrected chi connectivity index (χ0v) is 11.3. The number of nitrogens with two attached hydrogens (primary N) is 1. The SMILES string of the molecule is CCCC[NH+]1C=CN=C1c1ccc(N)nn1.[Br-]. The van der Waals surface area contributed by atoms with Crippen LogP contribution in [0.1, 0.15) is 25.5 Å². The predicted molar refractivity (Wildman–Crippen MR) is 62.9 cm³/mol. The van der Waals surface area contributed by atoms with E-state index in [1.807, 2.05) is 18.5 Å². The highest BCUT2D eigenvalue weighted by Crippen LogP contribution is 1.99. The van der Waals surface area contributed by atoms with Crippen LogP contribution >= 0.6 is 0 Å². The second kappa shape index (κ2) is 6.46. The predicted octanol–water partition coefficient (Wildman–Crippen LogP) is -3.02. The number of rotatable bonds is 4. The van der Waals surface area contributed by atoms with E-state index in [1.165, 1.54) is 17.7 Å². The third-order valence-corrected chi connectivity index (χ3v) is 2.51. The number of aromatic nitrogens is 2. The van der Waals surface area contributed by atoms with E-state index in [1.54, 1.807) is 6.07 Å². The molecule has 3 N–H and O–H groups in total. The Hall–Kier alpha value is -1.27. The van der Waals surface area contributed by atoms with E-state index in [0.717, 1.165) is 18.1 Å². The maximum atomic E-state index is 5.50. The maximum absolute atomic E-state index is 5.50. The normalized spacial score (nSPS) is 17.7. The van der Waals surface area contributed by atoms with Crippen molar-refractivity contribution in [1.82, 2.24) is 10.2 Å². The molecule has 1 aliphatic rings. The van der Waals surface area contributed by atoms with Crippen LogP contribution < -0.4 is 27.6 Å². The van der Waals surface area contributed by atoms with Gasteiger partial charge in [0.15, 0.2) is 5.69 Å². The van der Waals surface area contributed by atoms with Gasteiger partial charge in [-0.1, -0.05) is 13.3 Å². The topological polar surface area (TPSA) is 68.6 Å². The summed E-state index contributed by atoms with van der Waals surface area (Å²) in [6, 6.07) is 3.61. The molecule has 0 saturated carbocycles. The Kier molecular flexibility index (Phi) is 5.24. The summed E-state index contributed by atoms with van der Waals surface area (Å²) < 4.78 is 0. The van der Waals surface area contributed by atoms with Gasteiger partial charge in [-0.25, -0.2) is 0 Å². The summed E-state index contributed by atoms with van der Waals surface area (Å²) >= 11 is 0. The third kappa shape index (κ3) is 3.34. The van der Waals surface area contributed by atoms with Crippen molar-refractivity contribution in [3.05, 3.63) is 30.2 Å². The van der Waals surface area contributed by atoms with Crippen LogP contribution in [0.3, 0.4) is 0 Å². The van der Waals surface area contributed by atoms with Crippen LogP contribution in [0.25, 0.3) is 0 Å². The molecule has 0 bridgehead atoms. The van der Waals surface area contributed by atoms with Gasteiger partial charge in [-0.15, -0.1) is 10.2 Å². The third-order valence-electron chi connectivity index (χ3n) is 2.51. The minimum absolute atomic E-state index is 0. The Balaban J connectivity index is 0.00000144. The zero-order valence-electron chi connectivity index (χ0n) is 9.73. The number of nitrogen functional groups attached to an aromatic ring is 1. The summed E-state index contributed by atoms with van der Waals surface area (Å²) in [6.07, 6.45) is 6.21. The maximum Gasteiger partial charge on any atom is 0.258 e. The van der Waals surface area contributed by atoms with Gasteiger partial charge < -0.3 is 22.7 Å². The second-order valence-electron chi connectivity index (χ2n) is 3.77. The molecule has 1 aliphatic heterocycles. The van der Waals surface area contributed by atoms with Crippen molar-refractivity contribution >= 4 is 11.7 Å². The highest BCUT2D eigenvalue weighted by molar-refractivity contribution is 5.91. The minimum Gasteiger partial charge on any atom is -1.00 e. The molecule has 0 fully saturated rings. The largest absolute Gasteiger partial charge is 1.00 e. The first-order valence-corrected chi connectivity index (χ1v) is 5.51. The molecule has 0 saturated heterocycles. The van der Waals surface area contributed by atoms with Crippen molar-refractivity contribution in [2.45, 2.75) is 19.8 Å². The van der Waals surface area contributed by atoms with Gasteiger partial charge in [0, 0.05) is 0 Å². The Morgan fingerprint density at radius 1 is 1.29 bits per heavy atom. The summed E-state index contributed by atoms with van der Waals surface area (Å²) in [4.78, 5) is 5.56. The van der Waals surface area contributed by atoms with Crippen LogP contribution in [0.2, 0.25) is 0 Å². The van der Waals surface area contributed by atoms with Crippen LogP contribution in [0, 0.1) is 0 Å². The van der Waals surface area contributed by atoms with Gasteiger partial charge in [0.25, 0.3) is 5.84 Å². The van der Waals surface area contributed by atoms with E-state index in [4.69, 9.17) is 5.73 Å². The van der Waals surface area contributed by atoms with E-state index < -0.39 is 0 Å². The first-order chi connectivity index (χ1) is 7.81. The van der Waals surface area contributed by atoms with Crippen LogP contribution in [-0.2, 0) is 0 Å². The standard InChI is InChI=1S/C11H15N5.BrH/c1-2-3-7-16-8-6-13-11(16)9-4-5-10(12)15-14-9;/h4-6,8H,2-3,7H2,1H3,(H2,12,15);1H. The van der Waals surface area contributed by atoms with E-state index in [-0.39, 0.29) is 17.0 Å². The molecule has 1 aromatic rings. The number of hydrogen-bond acceptors (Lipinski definition) is 4. The van der Waals surface area contributed by atoms with Gasteiger partial charge in [-0.05, 0) is 18.6 Å². The summed E-state index contributed by atoms with van der Waals surface area (Å²) in [6.45, 7) is 3.22. The van der Waals surface area contributed by atoms with Gasteiger partial charge in [-0.3, -0.25) is 4.90 Å². The lowest BCUT2D eigenvalue weighted by Crippen LogP contribution is -3.09. The number of nitrogens with one attached hydrogen (secondary N) is 1. The van der Waals surface area contributed by atoms with Crippen molar-refractivity contribution in [1.29, 1.82) is 0 Å². The minimum atomic E-state index is 0. The van der Waals surface area contributed by atoms with Gasteiger partial charge in [0.2, 0.25) is 0 Å². The van der Waals surface area contributed by atoms with E-state index in [9.17, 15) is 0 Å². The molecule has 0 radical (unpaired) electrons. The Bertz CT molecular complexity index is 412. The van der Waals surface area contributed by atoms with Crippen molar-refractivity contribution in [3.8, 4) is 0 Å². The summed E-state index contributed by atoms with van der Waals surface area (Å²) in [5.74, 6) is 1.37. The molecule has 17 heavy (non-hydrogen) atoms. The van der Waals surface area contributed by atoms with Crippen molar-refractivity contribution in [2.75, 3.05) is 12.3 Å². The molecule has 0 amide bonds. The quantitative estimate of drug-likeness (QED) is 0.622. The fraction of sp³-hybridized carbons (Fsp3) is 0.364. The average molecular weight is 298 g/mol. The number of aliphatic imine (C=N–C) groups is 1. The van der Waals surface area contributed by atoms with E-state index in [2.05, 4.69) is 22.1 Å². The zero-order chi connectivity index (χ0) is 11.4. The molecular formula is C11H16BrN5. The first kappa shape index (κ1) is 13.8. The fourth-order valence-corrected chi connectivity index (χ4v) is 1.63. The van der Waals surface area contributed by atoms with E-state index >= 15 is 0 Å². The monoisotopic (exact) mass is 297 g/mol. The van der Waals surface area contributed by atoms with Crippen LogP contribution in [0.4, 0.5) is 5.82 Å².